The zero-order valence-corrected chi connectivity index (χ0v) is 26.2. The topological polar surface area (TPSA) is 152 Å². The highest BCUT2D eigenvalue weighted by Crippen LogP contribution is 2.36. The fourth-order valence-electron chi connectivity index (χ4n) is 5.36. The third-order valence-corrected chi connectivity index (χ3v) is 8.06. The number of hydrogen-bond acceptors (Lipinski definition) is 10. The molecule has 11 atom stereocenters. The van der Waals surface area contributed by atoms with Crippen molar-refractivity contribution < 1.29 is 48.7 Å². The van der Waals surface area contributed by atoms with E-state index in [1.807, 2.05) is 45.9 Å². The van der Waals surface area contributed by atoms with E-state index in [1.165, 1.54) is 19.9 Å². The molecule has 0 aromatic carbocycles. The number of hydrogen-bond donors (Lipinski definition) is 3. The average molecular weight is 595 g/mol. The lowest BCUT2D eigenvalue weighted by atomic mass is 9.86. The summed E-state index contributed by atoms with van der Waals surface area (Å²) in [4.78, 5) is 36.4. The molecule has 3 N–H and O–H groups in total. The summed E-state index contributed by atoms with van der Waals surface area (Å²) in [5.74, 6) is -2.07. The number of esters is 3. The molecule has 11 unspecified atom stereocenters. The number of rotatable bonds is 10. The predicted octanol–water partition coefficient (Wildman–Crippen LogP) is 3.56. The first-order valence-electron chi connectivity index (χ1n) is 14.9. The second kappa shape index (κ2) is 15.8. The van der Waals surface area contributed by atoms with E-state index < -0.39 is 53.8 Å². The van der Waals surface area contributed by atoms with Crippen LogP contribution in [0.5, 0.6) is 0 Å². The van der Waals surface area contributed by atoms with Gasteiger partial charge in [0.05, 0.1) is 30.8 Å². The molecule has 42 heavy (non-hydrogen) atoms. The van der Waals surface area contributed by atoms with Gasteiger partial charge >= 0.3 is 17.9 Å². The Morgan fingerprint density at radius 1 is 1.17 bits per heavy atom. The van der Waals surface area contributed by atoms with Crippen LogP contribution in [0.2, 0.25) is 0 Å². The van der Waals surface area contributed by atoms with Crippen LogP contribution in [0.15, 0.2) is 36.0 Å². The standard InChI is InChI=1S/C32H50O10/c1-9-25(36)21(5)31-26(41-31)15-18(2)11-10-12-19(3)30-20(4)13-14-27(39-22(6)33)32(8,38)28(40-23(7)34)16-24(35)17-29(37)42-30/h10-14,18,20-21,24-28,30-31,35-36,38H,9,15-17H2,1-8H3. The predicted molar refractivity (Wildman–Crippen MR) is 156 cm³/mol. The zero-order chi connectivity index (χ0) is 31.8. The van der Waals surface area contributed by atoms with Crippen LogP contribution in [-0.2, 0) is 33.3 Å². The van der Waals surface area contributed by atoms with E-state index in [0.29, 0.717) is 6.42 Å². The lowest BCUT2D eigenvalue weighted by Gasteiger charge is -2.38. The van der Waals surface area contributed by atoms with Gasteiger partial charge in [-0.3, -0.25) is 14.4 Å². The summed E-state index contributed by atoms with van der Waals surface area (Å²) < 4.78 is 22.2. The minimum absolute atomic E-state index is 0.0765. The van der Waals surface area contributed by atoms with Gasteiger partial charge in [-0.2, -0.15) is 0 Å². The Hall–Kier alpha value is -2.53. The molecule has 1 saturated heterocycles. The number of carbonyl (C=O) groups excluding carboxylic acids is 3. The summed E-state index contributed by atoms with van der Waals surface area (Å²) in [6.45, 7) is 13.4. The number of ether oxygens (including phenoxy) is 4. The van der Waals surface area contributed by atoms with Crippen molar-refractivity contribution in [2.75, 3.05) is 0 Å². The molecule has 0 amide bonds. The number of carbonyl (C=O) groups is 3. The Labute approximate surface area is 249 Å². The number of aliphatic hydroxyl groups is 3. The molecule has 10 nitrogen and oxygen atoms in total. The first kappa shape index (κ1) is 35.7. The summed E-state index contributed by atoms with van der Waals surface area (Å²) in [7, 11) is 0. The number of aliphatic hydroxyl groups excluding tert-OH is 2. The Morgan fingerprint density at radius 3 is 2.40 bits per heavy atom. The van der Waals surface area contributed by atoms with Crippen molar-refractivity contribution in [3.63, 3.8) is 0 Å². The minimum Gasteiger partial charge on any atom is -0.459 e. The molecule has 0 aromatic rings. The van der Waals surface area contributed by atoms with Crippen LogP contribution in [0.25, 0.3) is 0 Å². The van der Waals surface area contributed by atoms with Crippen LogP contribution in [-0.4, -0.2) is 81.6 Å². The normalized spacial score (nSPS) is 34.9. The van der Waals surface area contributed by atoms with Crippen molar-refractivity contribution in [3.8, 4) is 0 Å². The van der Waals surface area contributed by atoms with E-state index in [9.17, 15) is 29.7 Å². The maximum atomic E-state index is 12.8. The second-order valence-corrected chi connectivity index (χ2v) is 12.1. The van der Waals surface area contributed by atoms with Gasteiger partial charge in [0.25, 0.3) is 0 Å². The van der Waals surface area contributed by atoms with E-state index in [1.54, 1.807) is 6.08 Å². The van der Waals surface area contributed by atoms with Gasteiger partial charge < -0.3 is 34.3 Å². The fourth-order valence-corrected chi connectivity index (χ4v) is 5.36. The molecule has 0 radical (unpaired) electrons. The van der Waals surface area contributed by atoms with Crippen molar-refractivity contribution in [3.05, 3.63) is 36.0 Å². The molecule has 2 aliphatic heterocycles. The van der Waals surface area contributed by atoms with Crippen molar-refractivity contribution in [1.29, 1.82) is 0 Å². The van der Waals surface area contributed by atoms with Crippen molar-refractivity contribution >= 4 is 17.9 Å². The highest BCUT2D eigenvalue weighted by molar-refractivity contribution is 5.70. The summed E-state index contributed by atoms with van der Waals surface area (Å²) in [6, 6.07) is 0. The Bertz CT molecular complexity index is 1010. The minimum atomic E-state index is -1.90. The van der Waals surface area contributed by atoms with Crippen LogP contribution in [0.1, 0.15) is 81.1 Å². The number of cyclic esters (lactones) is 1. The molecule has 0 spiro atoms. The highest BCUT2D eigenvalue weighted by atomic mass is 16.6. The lowest BCUT2D eigenvalue weighted by molar-refractivity contribution is -0.187. The highest BCUT2D eigenvalue weighted by Gasteiger charge is 2.46. The lowest BCUT2D eigenvalue weighted by Crippen LogP contribution is -2.53. The van der Waals surface area contributed by atoms with Gasteiger partial charge in [0.1, 0.15) is 17.8 Å². The van der Waals surface area contributed by atoms with Crippen LogP contribution in [0.4, 0.5) is 0 Å². The quantitative estimate of drug-likeness (QED) is 0.113. The van der Waals surface area contributed by atoms with Crippen molar-refractivity contribution in [1.82, 2.24) is 0 Å². The molecular formula is C32H50O10. The molecule has 10 heteroatoms. The summed E-state index contributed by atoms with van der Waals surface area (Å²) >= 11 is 0. The fraction of sp³-hybridized carbons (Fsp3) is 0.719. The summed E-state index contributed by atoms with van der Waals surface area (Å²) in [5.41, 5.74) is -1.14. The monoisotopic (exact) mass is 594 g/mol. The first-order chi connectivity index (χ1) is 19.6. The van der Waals surface area contributed by atoms with Crippen molar-refractivity contribution in [2.24, 2.45) is 17.8 Å². The van der Waals surface area contributed by atoms with Gasteiger partial charge in [-0.25, -0.2) is 0 Å². The van der Waals surface area contributed by atoms with Crippen molar-refractivity contribution in [2.45, 2.75) is 129 Å². The smallest absolute Gasteiger partial charge is 0.309 e. The third kappa shape index (κ3) is 10.6. The number of epoxide rings is 1. The second-order valence-electron chi connectivity index (χ2n) is 12.1. The molecule has 1 fully saturated rings. The summed E-state index contributed by atoms with van der Waals surface area (Å²) in [6.07, 6.45) is 5.26. The molecule has 0 aromatic heterocycles. The largest absolute Gasteiger partial charge is 0.459 e. The first-order valence-corrected chi connectivity index (χ1v) is 14.9. The van der Waals surface area contributed by atoms with E-state index >= 15 is 0 Å². The van der Waals surface area contributed by atoms with Crippen LogP contribution < -0.4 is 0 Å². The molecule has 238 valence electrons. The van der Waals surface area contributed by atoms with Gasteiger partial charge in [0.15, 0.2) is 6.10 Å². The molecule has 2 heterocycles. The van der Waals surface area contributed by atoms with Gasteiger partial charge in [-0.1, -0.05) is 52.0 Å². The van der Waals surface area contributed by atoms with E-state index in [2.05, 4.69) is 6.92 Å². The SMILES string of the molecule is CCC(O)C(C)C1OC1CC(C)C=CC=C(C)C1OC(=O)CC(O)CC(OC(C)=O)C(C)(O)C(OC(C)=O)C=CC1C. The molecule has 2 aliphatic rings. The Balaban J connectivity index is 2.23. The van der Waals surface area contributed by atoms with Crippen LogP contribution >= 0.6 is 0 Å². The van der Waals surface area contributed by atoms with Gasteiger partial charge in [0, 0.05) is 32.1 Å². The van der Waals surface area contributed by atoms with E-state index in [-0.39, 0.29) is 43.0 Å². The zero-order valence-electron chi connectivity index (χ0n) is 26.2. The molecule has 0 saturated carbocycles. The third-order valence-electron chi connectivity index (χ3n) is 8.06. The molecule has 0 bridgehead atoms. The van der Waals surface area contributed by atoms with Gasteiger partial charge in [-0.15, -0.1) is 0 Å². The van der Waals surface area contributed by atoms with Gasteiger partial charge in [-0.05, 0) is 44.3 Å². The average Bonchev–Trinajstić information content (AvgIpc) is 3.65. The Morgan fingerprint density at radius 2 is 1.81 bits per heavy atom. The Kier molecular flexibility index (Phi) is 13.4. The molecule has 0 aliphatic carbocycles. The molecular weight excluding hydrogens is 544 g/mol. The van der Waals surface area contributed by atoms with Crippen LogP contribution in [0.3, 0.4) is 0 Å². The van der Waals surface area contributed by atoms with Gasteiger partial charge in [0.2, 0.25) is 0 Å². The maximum absolute atomic E-state index is 12.8. The van der Waals surface area contributed by atoms with E-state index in [0.717, 1.165) is 18.9 Å². The van der Waals surface area contributed by atoms with E-state index in [4.69, 9.17) is 18.9 Å². The molecule has 2 rings (SSSR count). The maximum Gasteiger partial charge on any atom is 0.309 e. The number of allylic oxidation sites excluding steroid dienone is 3. The van der Waals surface area contributed by atoms with Crippen LogP contribution in [0, 0.1) is 17.8 Å². The summed E-state index contributed by atoms with van der Waals surface area (Å²) in [5, 5.41) is 32.1.